The van der Waals surface area contributed by atoms with Gasteiger partial charge in [0, 0.05) is 31.3 Å². The summed E-state index contributed by atoms with van der Waals surface area (Å²) in [4.78, 5) is 17.3. The molecule has 1 saturated heterocycles. The Morgan fingerprint density at radius 1 is 1.27 bits per heavy atom. The van der Waals surface area contributed by atoms with E-state index in [1.165, 1.54) is 48.1 Å². The van der Waals surface area contributed by atoms with Gasteiger partial charge in [0.15, 0.2) is 11.5 Å². The molecular weight excluding hydrogens is 537 g/mol. The summed E-state index contributed by atoms with van der Waals surface area (Å²) in [7, 11) is 1.64. The Morgan fingerprint density at radius 2 is 2.07 bits per heavy atom. The second-order valence-corrected chi connectivity index (χ2v) is 11.9. The number of phenolic OH excluding ortho intramolecular Hbond substituents is 1. The maximum absolute atomic E-state index is 13.4. The van der Waals surface area contributed by atoms with E-state index in [9.17, 15) is 28.2 Å². The topological polar surface area (TPSA) is 82.5 Å². The number of benzene rings is 2. The van der Waals surface area contributed by atoms with Crippen molar-refractivity contribution in [3.05, 3.63) is 71.3 Å². The minimum absolute atomic E-state index is 0.0160. The average Bonchev–Trinajstić information content (AvgIpc) is 3.66. The fraction of sp³-hybridized carbons (Fsp3) is 0.452. The number of likely N-dealkylation sites (N-methyl/N-ethyl adjacent to an activating group) is 1. The molecule has 2 aromatic carbocycles. The minimum atomic E-state index is -4.81. The van der Waals surface area contributed by atoms with E-state index in [1.807, 2.05) is 18.2 Å². The number of aromatic hydroxyl groups is 1. The lowest BCUT2D eigenvalue weighted by atomic mass is 9.50. The summed E-state index contributed by atoms with van der Waals surface area (Å²) in [6.45, 7) is 1.73. The number of hydrogen-bond acceptors (Lipinski definition) is 6. The maximum Gasteiger partial charge on any atom is 0.573 e. The van der Waals surface area contributed by atoms with E-state index < -0.39 is 29.5 Å². The molecule has 10 heteroatoms. The Hall–Kier alpha value is -3.50. The van der Waals surface area contributed by atoms with Crippen LogP contribution >= 0.6 is 0 Å². The molecule has 2 unspecified atom stereocenters. The summed E-state index contributed by atoms with van der Waals surface area (Å²) < 4.78 is 48.4. The fourth-order valence-corrected chi connectivity index (χ4v) is 7.60. The first kappa shape index (κ1) is 26.4. The van der Waals surface area contributed by atoms with Crippen molar-refractivity contribution in [3.63, 3.8) is 0 Å². The van der Waals surface area contributed by atoms with Gasteiger partial charge in [0.1, 0.15) is 17.5 Å². The van der Waals surface area contributed by atoms with Gasteiger partial charge in [-0.25, -0.2) is 0 Å². The first-order valence-corrected chi connectivity index (χ1v) is 14.0. The van der Waals surface area contributed by atoms with Crippen molar-refractivity contribution in [3.8, 4) is 17.2 Å². The van der Waals surface area contributed by atoms with Crippen LogP contribution in [0.2, 0.25) is 0 Å². The zero-order valence-electron chi connectivity index (χ0n) is 22.5. The lowest BCUT2D eigenvalue weighted by molar-refractivity contribution is -0.274. The van der Waals surface area contributed by atoms with Crippen LogP contribution in [0.15, 0.2) is 54.6 Å². The van der Waals surface area contributed by atoms with Crippen molar-refractivity contribution in [1.82, 2.24) is 9.80 Å². The number of piperidine rings is 1. The summed E-state index contributed by atoms with van der Waals surface area (Å²) in [6.07, 6.45) is 4.65. The van der Waals surface area contributed by atoms with Gasteiger partial charge in [0.2, 0.25) is 5.91 Å². The molecule has 0 radical (unpaired) electrons. The van der Waals surface area contributed by atoms with Crippen LogP contribution in [0, 0.1) is 5.92 Å². The number of halogens is 3. The second-order valence-electron chi connectivity index (χ2n) is 11.9. The molecular formula is C31H31F3N2O5. The molecule has 7 nitrogen and oxygen atoms in total. The first-order valence-electron chi connectivity index (χ1n) is 14.0. The summed E-state index contributed by atoms with van der Waals surface area (Å²) >= 11 is 0. The van der Waals surface area contributed by atoms with E-state index >= 15 is 0 Å². The molecule has 2 bridgehead atoms. The van der Waals surface area contributed by atoms with Crippen molar-refractivity contribution in [1.29, 1.82) is 0 Å². The Labute approximate surface area is 235 Å². The molecule has 41 heavy (non-hydrogen) atoms. The number of ether oxygens (including phenoxy) is 2. The van der Waals surface area contributed by atoms with Crippen LogP contribution in [0.5, 0.6) is 17.2 Å². The smallest absolute Gasteiger partial charge is 0.504 e. The van der Waals surface area contributed by atoms with Gasteiger partial charge in [-0.15, -0.1) is 13.2 Å². The lowest BCUT2D eigenvalue weighted by Gasteiger charge is -2.62. The van der Waals surface area contributed by atoms with Crippen LogP contribution in [0.4, 0.5) is 13.2 Å². The quantitative estimate of drug-likeness (QED) is 0.402. The number of alkyl halides is 3. The molecule has 1 amide bonds. The molecule has 5 atom stereocenters. The van der Waals surface area contributed by atoms with E-state index in [0.29, 0.717) is 30.1 Å². The summed E-state index contributed by atoms with van der Waals surface area (Å²) in [6, 6.07) is 8.26. The third-order valence-corrected chi connectivity index (χ3v) is 9.62. The number of rotatable bonds is 6. The summed E-state index contributed by atoms with van der Waals surface area (Å²) in [5, 5.41) is 23.3. The highest BCUT2D eigenvalue weighted by molar-refractivity contribution is 5.92. The van der Waals surface area contributed by atoms with Crippen molar-refractivity contribution < 1.29 is 37.7 Å². The number of phenols is 1. The van der Waals surface area contributed by atoms with Crippen molar-refractivity contribution in [2.24, 2.45) is 5.92 Å². The Balaban J connectivity index is 1.21. The average molecular weight is 569 g/mol. The molecule has 2 fully saturated rings. The van der Waals surface area contributed by atoms with Gasteiger partial charge < -0.3 is 24.6 Å². The molecule has 7 rings (SSSR count). The van der Waals surface area contributed by atoms with Gasteiger partial charge in [-0.05, 0) is 73.5 Å². The third-order valence-electron chi connectivity index (χ3n) is 9.62. The number of nitrogens with zero attached hydrogens (tertiary/aromatic N) is 2. The Morgan fingerprint density at radius 3 is 2.83 bits per heavy atom. The highest BCUT2D eigenvalue weighted by Gasteiger charge is 2.72. The van der Waals surface area contributed by atoms with Crippen molar-refractivity contribution in [2.45, 2.75) is 61.2 Å². The zero-order valence-corrected chi connectivity index (χ0v) is 22.5. The van der Waals surface area contributed by atoms with Crippen molar-refractivity contribution >= 4 is 12.0 Å². The number of likely N-dealkylation sites (tertiary alicyclic amines) is 1. The zero-order chi connectivity index (χ0) is 28.7. The number of aliphatic hydroxyl groups is 1. The van der Waals surface area contributed by atoms with Gasteiger partial charge in [0.25, 0.3) is 0 Å². The predicted octanol–water partition coefficient (Wildman–Crippen LogP) is 4.17. The summed E-state index contributed by atoms with van der Waals surface area (Å²) in [5.41, 5.74) is 0.212. The van der Waals surface area contributed by atoms with Gasteiger partial charge in [0.05, 0.1) is 11.5 Å². The molecule has 5 aliphatic rings. The highest BCUT2D eigenvalue weighted by atomic mass is 19.4. The first-order chi connectivity index (χ1) is 19.5. The Bertz CT molecular complexity index is 1470. The molecule has 2 aliphatic heterocycles. The van der Waals surface area contributed by atoms with Crippen LogP contribution in [-0.4, -0.2) is 76.2 Å². The van der Waals surface area contributed by atoms with Gasteiger partial charge in [-0.2, -0.15) is 0 Å². The molecule has 0 aromatic heterocycles. The monoisotopic (exact) mass is 568 g/mol. The highest BCUT2D eigenvalue weighted by Crippen LogP contribution is 2.64. The number of hydrogen-bond donors (Lipinski definition) is 2. The molecule has 1 spiro atoms. The number of amides is 1. The van der Waals surface area contributed by atoms with Crippen LogP contribution in [0.1, 0.15) is 36.0 Å². The van der Waals surface area contributed by atoms with Gasteiger partial charge >= 0.3 is 6.36 Å². The van der Waals surface area contributed by atoms with E-state index in [4.69, 9.17) is 4.74 Å². The molecule has 216 valence electrons. The molecule has 3 aliphatic carbocycles. The van der Waals surface area contributed by atoms with Gasteiger partial charge in [-0.3, -0.25) is 9.69 Å². The summed E-state index contributed by atoms with van der Waals surface area (Å²) in [5.74, 6) is 0.304. The van der Waals surface area contributed by atoms with E-state index in [1.54, 1.807) is 19.2 Å². The van der Waals surface area contributed by atoms with Crippen LogP contribution in [0.3, 0.4) is 0 Å². The SMILES string of the molecule is CN(C(=O)/C=C/c1cccc(OC(F)(F)F)c1)C1C=C[C@@]2(O)[C@H]3Cc4ccc(O)c5c4[C@@]2(CCN3CC2CC2)C1O5. The molecule has 2 N–H and O–H groups in total. The molecule has 2 aromatic rings. The predicted molar refractivity (Wildman–Crippen MR) is 143 cm³/mol. The van der Waals surface area contributed by atoms with E-state index in [0.717, 1.165) is 24.2 Å². The standard InChI is InChI=1S/C31H31F3N2O5/c1-35(25(38)10-7-18-3-2-4-21(15-18)41-31(32,33)34)22-11-12-30(39)24-16-20-8-9-23(37)27-26(20)29(30,28(22)40-27)13-14-36(24)17-19-5-6-19/h2-4,7-12,15,19,22,24,28,37,39H,5-6,13-14,16-17H2,1H3/b10-7+/t22?,24-,28?,29+,30-/m1/s1. The fourth-order valence-electron chi connectivity index (χ4n) is 7.60. The Kier molecular flexibility index (Phi) is 5.79. The van der Waals surface area contributed by atoms with Gasteiger partial charge in [-0.1, -0.05) is 30.4 Å². The molecule has 2 heterocycles. The molecule has 1 saturated carbocycles. The maximum atomic E-state index is 13.4. The van der Waals surface area contributed by atoms with Crippen LogP contribution in [-0.2, 0) is 16.6 Å². The minimum Gasteiger partial charge on any atom is -0.504 e. The van der Waals surface area contributed by atoms with E-state index in [-0.39, 0.29) is 23.4 Å². The largest absolute Gasteiger partial charge is 0.573 e. The number of carbonyl (C=O) groups excluding carboxylic acids is 1. The van der Waals surface area contributed by atoms with Crippen LogP contribution in [0.25, 0.3) is 6.08 Å². The normalized spacial score (nSPS) is 31.6. The lowest BCUT2D eigenvalue weighted by Crippen LogP contribution is -2.76. The van der Waals surface area contributed by atoms with E-state index in [2.05, 4.69) is 9.64 Å². The number of carbonyl (C=O) groups is 1. The third kappa shape index (κ3) is 4.06. The second kappa shape index (κ2) is 9.00. The van der Waals surface area contributed by atoms with Crippen molar-refractivity contribution in [2.75, 3.05) is 20.1 Å². The van der Waals surface area contributed by atoms with Crippen LogP contribution < -0.4 is 9.47 Å².